The summed E-state index contributed by atoms with van der Waals surface area (Å²) in [7, 11) is 0. The zero-order valence-corrected chi connectivity index (χ0v) is 31.5. The molecule has 0 saturated carbocycles. The standard InChI is InChI=1S/C42H47F2N7O4/c1-4-30-32(43)14-11-26-9-7-10-31(33(26)30)36-35(44)37-34(39(46-36)55-25(2)3)38(50-21-27-12-13-28(22-50)45-27)48-40(47-37)54-24-42-16-8-20-51(42)29(15-17-42)23-53-41(52)49-18-5-6-19-49/h1,7,9-11,14,25,27-29,45H,5-6,8,12-13,15-24H2,2-3H3/t27?,28?,29-,42-/m1/s1. The number of piperazine rings is 1. The zero-order valence-electron chi connectivity index (χ0n) is 31.5. The number of hydrogen-bond donors (Lipinski definition) is 1. The van der Waals surface area contributed by atoms with E-state index in [9.17, 15) is 4.79 Å². The van der Waals surface area contributed by atoms with Gasteiger partial charge in [-0.25, -0.2) is 18.6 Å². The van der Waals surface area contributed by atoms with Crippen LogP contribution in [0.4, 0.5) is 19.4 Å². The van der Waals surface area contributed by atoms with Gasteiger partial charge in [-0.2, -0.15) is 9.97 Å². The van der Waals surface area contributed by atoms with E-state index in [1.165, 1.54) is 6.07 Å². The van der Waals surface area contributed by atoms with E-state index in [0.717, 1.165) is 71.0 Å². The Kier molecular flexibility index (Phi) is 9.37. The molecule has 5 aliphatic rings. The van der Waals surface area contributed by atoms with Crippen molar-refractivity contribution in [3.8, 4) is 35.5 Å². The van der Waals surface area contributed by atoms with E-state index in [0.29, 0.717) is 53.8 Å². The molecule has 2 aromatic heterocycles. The number of benzene rings is 2. The van der Waals surface area contributed by atoms with Crippen LogP contribution >= 0.6 is 0 Å². The summed E-state index contributed by atoms with van der Waals surface area (Å²) >= 11 is 0. The Hall–Kier alpha value is -4.80. The van der Waals surface area contributed by atoms with Crippen molar-refractivity contribution < 1.29 is 27.8 Å². The average Bonchev–Trinajstić information content (AvgIpc) is 3.99. The smallest absolute Gasteiger partial charge is 0.409 e. The molecule has 2 bridgehead atoms. The highest BCUT2D eigenvalue weighted by Crippen LogP contribution is 2.45. The number of terminal acetylenes is 1. The lowest BCUT2D eigenvalue weighted by Gasteiger charge is -2.35. The van der Waals surface area contributed by atoms with E-state index in [1.807, 2.05) is 19.9 Å². The van der Waals surface area contributed by atoms with Gasteiger partial charge in [0.1, 0.15) is 41.4 Å². The minimum atomic E-state index is -0.696. The molecule has 1 N–H and O–H groups in total. The zero-order chi connectivity index (χ0) is 37.8. The van der Waals surface area contributed by atoms with Crippen LogP contribution in [0.5, 0.6) is 11.9 Å². The Morgan fingerprint density at radius 2 is 1.80 bits per heavy atom. The summed E-state index contributed by atoms with van der Waals surface area (Å²) in [4.78, 5) is 33.7. The maximum atomic E-state index is 17.4. The van der Waals surface area contributed by atoms with Crippen molar-refractivity contribution in [1.29, 1.82) is 0 Å². The first-order chi connectivity index (χ1) is 26.7. The molecule has 5 fully saturated rings. The number of rotatable bonds is 9. The maximum absolute atomic E-state index is 17.4. The minimum Gasteiger partial charge on any atom is -0.474 e. The van der Waals surface area contributed by atoms with Gasteiger partial charge >= 0.3 is 12.1 Å². The number of likely N-dealkylation sites (tertiary alicyclic amines) is 1. The fourth-order valence-corrected chi connectivity index (χ4v) is 9.69. The summed E-state index contributed by atoms with van der Waals surface area (Å²) in [6.07, 6.45) is 13.1. The SMILES string of the molecule is C#Cc1c(F)ccc2cccc(-c3nc(OC(C)C)c4c(N5CC6CCC(C5)N6)nc(OC[C@]56CCCN5[C@@H](COC(=O)N5CCCC5)CC6)nc4c3F)c12. The fraction of sp³-hybridized carbons (Fsp3) is 0.524. The van der Waals surface area contributed by atoms with E-state index in [1.54, 1.807) is 23.1 Å². The third-order valence-electron chi connectivity index (χ3n) is 12.2. The van der Waals surface area contributed by atoms with Crippen LogP contribution in [-0.4, -0.2) is 107 Å². The summed E-state index contributed by atoms with van der Waals surface area (Å²) in [5, 5.41) is 5.09. The number of halogens is 2. The number of carbonyl (C=O) groups excluding carboxylic acids is 1. The van der Waals surface area contributed by atoms with Gasteiger partial charge in [-0.1, -0.05) is 30.2 Å². The molecular formula is C42H47F2N7O4. The highest BCUT2D eigenvalue weighted by atomic mass is 19.1. The summed E-state index contributed by atoms with van der Waals surface area (Å²) in [5.74, 6) is 1.90. The third-order valence-corrected chi connectivity index (χ3v) is 12.2. The molecule has 288 valence electrons. The van der Waals surface area contributed by atoms with Crippen LogP contribution in [0.1, 0.15) is 70.8 Å². The van der Waals surface area contributed by atoms with Crippen molar-refractivity contribution >= 4 is 33.6 Å². The van der Waals surface area contributed by atoms with Crippen LogP contribution in [-0.2, 0) is 4.74 Å². The largest absolute Gasteiger partial charge is 0.474 e. The van der Waals surface area contributed by atoms with Gasteiger partial charge < -0.3 is 29.3 Å². The van der Waals surface area contributed by atoms with Crippen molar-refractivity contribution in [1.82, 2.24) is 30.1 Å². The van der Waals surface area contributed by atoms with Crippen molar-refractivity contribution in [2.75, 3.05) is 50.8 Å². The molecule has 4 aromatic rings. The number of fused-ring (bicyclic) bond motifs is 5. The number of pyridine rings is 1. The predicted octanol–water partition coefficient (Wildman–Crippen LogP) is 6.44. The number of anilines is 1. The normalized spacial score (nSPS) is 24.9. The first-order valence-corrected chi connectivity index (χ1v) is 19.8. The van der Waals surface area contributed by atoms with Crippen molar-refractivity contribution in [2.24, 2.45) is 0 Å². The number of aromatic nitrogens is 3. The van der Waals surface area contributed by atoms with Gasteiger partial charge in [0.15, 0.2) is 5.82 Å². The van der Waals surface area contributed by atoms with Gasteiger partial charge in [-0.3, -0.25) is 4.90 Å². The second-order valence-electron chi connectivity index (χ2n) is 16.1. The number of nitrogens with one attached hydrogen (secondary N) is 1. The molecule has 0 spiro atoms. The number of carbonyl (C=O) groups is 1. The molecule has 55 heavy (non-hydrogen) atoms. The van der Waals surface area contributed by atoms with E-state index in [4.69, 9.17) is 35.6 Å². The second kappa shape index (κ2) is 14.4. The van der Waals surface area contributed by atoms with E-state index >= 15 is 8.78 Å². The maximum Gasteiger partial charge on any atom is 0.409 e. The number of ether oxygens (including phenoxy) is 3. The van der Waals surface area contributed by atoms with Crippen LogP contribution in [0.25, 0.3) is 32.9 Å². The minimum absolute atomic E-state index is 0.0149. The highest BCUT2D eigenvalue weighted by molar-refractivity contribution is 6.03. The van der Waals surface area contributed by atoms with Gasteiger partial charge in [-0.05, 0) is 83.2 Å². The van der Waals surface area contributed by atoms with Gasteiger partial charge in [-0.15, -0.1) is 6.42 Å². The Morgan fingerprint density at radius 1 is 1.00 bits per heavy atom. The predicted molar refractivity (Wildman–Crippen MR) is 205 cm³/mol. The van der Waals surface area contributed by atoms with E-state index < -0.39 is 11.6 Å². The number of hydrogen-bond acceptors (Lipinski definition) is 10. The Labute approximate surface area is 319 Å². The molecule has 0 aliphatic carbocycles. The van der Waals surface area contributed by atoms with Crippen LogP contribution < -0.4 is 19.7 Å². The Balaban J connectivity index is 1.11. The fourth-order valence-electron chi connectivity index (χ4n) is 9.69. The van der Waals surface area contributed by atoms with Crippen LogP contribution in [0.15, 0.2) is 30.3 Å². The molecular weight excluding hydrogens is 705 g/mol. The lowest BCUT2D eigenvalue weighted by molar-refractivity contribution is 0.0463. The molecule has 4 atom stereocenters. The quantitative estimate of drug-likeness (QED) is 0.192. The molecule has 13 heteroatoms. The molecule has 2 unspecified atom stereocenters. The summed E-state index contributed by atoms with van der Waals surface area (Å²) in [6, 6.07) is 8.94. The second-order valence-corrected chi connectivity index (χ2v) is 16.1. The summed E-state index contributed by atoms with van der Waals surface area (Å²) in [6.45, 7) is 8.17. The molecule has 5 aliphatic heterocycles. The molecule has 1 amide bonds. The Bertz CT molecular complexity index is 2180. The Morgan fingerprint density at radius 3 is 2.56 bits per heavy atom. The van der Waals surface area contributed by atoms with E-state index in [2.05, 4.69) is 21.0 Å². The molecule has 5 saturated heterocycles. The molecule has 11 nitrogen and oxygen atoms in total. The van der Waals surface area contributed by atoms with Gasteiger partial charge in [0.05, 0.1) is 17.2 Å². The average molecular weight is 752 g/mol. The van der Waals surface area contributed by atoms with Gasteiger partial charge in [0, 0.05) is 55.3 Å². The van der Waals surface area contributed by atoms with Crippen molar-refractivity contribution in [2.45, 2.75) is 95.0 Å². The lowest BCUT2D eigenvalue weighted by atomic mass is 9.95. The molecule has 7 heterocycles. The van der Waals surface area contributed by atoms with Crippen LogP contribution in [0.3, 0.4) is 0 Å². The van der Waals surface area contributed by atoms with Crippen LogP contribution in [0.2, 0.25) is 0 Å². The molecule has 9 rings (SSSR count). The molecule has 0 radical (unpaired) electrons. The molecule has 2 aromatic carbocycles. The summed E-state index contributed by atoms with van der Waals surface area (Å²) < 4.78 is 51.3. The number of amides is 1. The van der Waals surface area contributed by atoms with Gasteiger partial charge in [0.2, 0.25) is 5.88 Å². The lowest BCUT2D eigenvalue weighted by Crippen LogP contribution is -2.51. The van der Waals surface area contributed by atoms with Crippen molar-refractivity contribution in [3.63, 3.8) is 0 Å². The van der Waals surface area contributed by atoms with Crippen LogP contribution in [0, 0.1) is 24.0 Å². The summed E-state index contributed by atoms with van der Waals surface area (Å²) in [5.41, 5.74) is 0.0638. The monoisotopic (exact) mass is 751 g/mol. The third kappa shape index (κ3) is 6.47. The first-order valence-electron chi connectivity index (χ1n) is 19.8. The van der Waals surface area contributed by atoms with Crippen molar-refractivity contribution in [3.05, 3.63) is 47.5 Å². The van der Waals surface area contributed by atoms with E-state index in [-0.39, 0.29) is 64.5 Å². The topological polar surface area (TPSA) is 105 Å². The number of nitrogens with zero attached hydrogens (tertiary/aromatic N) is 6. The first kappa shape index (κ1) is 35.9. The van der Waals surface area contributed by atoms with Gasteiger partial charge in [0.25, 0.3) is 0 Å². The highest BCUT2D eigenvalue weighted by Gasteiger charge is 2.50.